The van der Waals surface area contributed by atoms with Crippen LogP contribution in [0, 0.1) is 5.41 Å². The van der Waals surface area contributed by atoms with Gasteiger partial charge in [0.25, 0.3) is 0 Å². The molecule has 0 radical (unpaired) electrons. The normalized spacial score (nSPS) is 23.9. The van der Waals surface area contributed by atoms with Gasteiger partial charge in [0.05, 0.1) is 0 Å². The van der Waals surface area contributed by atoms with Crippen LogP contribution in [0.25, 0.3) is 0 Å². The lowest BCUT2D eigenvalue weighted by molar-refractivity contribution is 0.219. The van der Waals surface area contributed by atoms with E-state index in [4.69, 9.17) is 5.73 Å². The second kappa shape index (κ2) is 4.70. The maximum Gasteiger partial charge on any atom is 0.0352 e. The van der Waals surface area contributed by atoms with E-state index >= 15 is 0 Å². The summed E-state index contributed by atoms with van der Waals surface area (Å²) in [5.41, 5.74) is 9.12. The van der Waals surface area contributed by atoms with Gasteiger partial charge in [-0.05, 0) is 55.6 Å². The zero-order chi connectivity index (χ0) is 13.4. The van der Waals surface area contributed by atoms with E-state index in [2.05, 4.69) is 52.0 Å². The molecule has 0 heterocycles. The van der Waals surface area contributed by atoms with Crippen molar-refractivity contribution in [1.82, 2.24) is 0 Å². The van der Waals surface area contributed by atoms with Crippen LogP contribution in [0.1, 0.15) is 70.4 Å². The highest BCUT2D eigenvalue weighted by Gasteiger charge is 2.28. The van der Waals surface area contributed by atoms with Crippen LogP contribution in [-0.2, 0) is 5.54 Å². The van der Waals surface area contributed by atoms with Gasteiger partial charge in [0, 0.05) is 5.54 Å². The van der Waals surface area contributed by atoms with Crippen LogP contribution >= 0.6 is 0 Å². The van der Waals surface area contributed by atoms with Gasteiger partial charge < -0.3 is 5.73 Å². The standard InChI is InChI=1S/C17H27N/c1-16(2)11-5-6-14(12-16)13-7-9-15(10-8-13)17(3,4)18/h7-10,14H,5-6,11-12,18H2,1-4H3. The summed E-state index contributed by atoms with van der Waals surface area (Å²) in [4.78, 5) is 0. The van der Waals surface area contributed by atoms with Crippen molar-refractivity contribution in [3.63, 3.8) is 0 Å². The van der Waals surface area contributed by atoms with Crippen molar-refractivity contribution >= 4 is 0 Å². The second-order valence-corrected chi connectivity index (χ2v) is 7.30. The maximum absolute atomic E-state index is 6.13. The molecule has 0 spiro atoms. The molecule has 0 aliphatic heterocycles. The fraction of sp³-hybridized carbons (Fsp3) is 0.647. The molecule has 1 unspecified atom stereocenters. The highest BCUT2D eigenvalue weighted by Crippen LogP contribution is 2.43. The highest BCUT2D eigenvalue weighted by atomic mass is 14.7. The summed E-state index contributed by atoms with van der Waals surface area (Å²) in [6, 6.07) is 8.99. The number of hydrogen-bond acceptors (Lipinski definition) is 1. The smallest absolute Gasteiger partial charge is 0.0352 e. The van der Waals surface area contributed by atoms with Gasteiger partial charge >= 0.3 is 0 Å². The zero-order valence-corrected chi connectivity index (χ0v) is 12.3. The van der Waals surface area contributed by atoms with Crippen molar-refractivity contribution in [3.05, 3.63) is 35.4 Å². The third kappa shape index (κ3) is 3.14. The molecule has 1 aliphatic rings. The van der Waals surface area contributed by atoms with E-state index < -0.39 is 0 Å². The van der Waals surface area contributed by atoms with Crippen LogP contribution in [0.3, 0.4) is 0 Å². The average molecular weight is 245 g/mol. The van der Waals surface area contributed by atoms with E-state index in [0.29, 0.717) is 5.41 Å². The minimum Gasteiger partial charge on any atom is -0.322 e. The average Bonchev–Trinajstić information content (AvgIpc) is 2.27. The molecule has 0 amide bonds. The van der Waals surface area contributed by atoms with E-state index in [9.17, 15) is 0 Å². The van der Waals surface area contributed by atoms with Crippen molar-refractivity contribution in [3.8, 4) is 0 Å². The first-order chi connectivity index (χ1) is 8.28. The molecule has 1 aromatic rings. The Morgan fingerprint density at radius 1 is 1.17 bits per heavy atom. The lowest BCUT2D eigenvalue weighted by Gasteiger charge is -2.35. The Labute approximate surface area is 112 Å². The first-order valence-electron chi connectivity index (χ1n) is 7.17. The first-order valence-corrected chi connectivity index (χ1v) is 7.17. The molecule has 1 fully saturated rings. The molecule has 2 rings (SSSR count). The summed E-state index contributed by atoms with van der Waals surface area (Å²) >= 11 is 0. The zero-order valence-electron chi connectivity index (χ0n) is 12.3. The molecule has 1 nitrogen and oxygen atoms in total. The van der Waals surface area contributed by atoms with Crippen LogP contribution in [0.15, 0.2) is 24.3 Å². The van der Waals surface area contributed by atoms with Gasteiger partial charge in [0.15, 0.2) is 0 Å². The number of benzene rings is 1. The molecule has 0 saturated heterocycles. The number of hydrogen-bond donors (Lipinski definition) is 1. The van der Waals surface area contributed by atoms with Gasteiger partial charge in [-0.2, -0.15) is 0 Å². The van der Waals surface area contributed by atoms with Crippen LogP contribution < -0.4 is 5.73 Å². The molecule has 18 heavy (non-hydrogen) atoms. The van der Waals surface area contributed by atoms with Crippen molar-refractivity contribution in [2.45, 2.75) is 64.8 Å². The quantitative estimate of drug-likeness (QED) is 0.812. The predicted octanol–water partition coefficient (Wildman–Crippen LogP) is 4.56. The molecule has 1 aliphatic carbocycles. The van der Waals surface area contributed by atoms with Gasteiger partial charge in [-0.3, -0.25) is 0 Å². The number of rotatable bonds is 2. The molecule has 1 atom stereocenters. The summed E-state index contributed by atoms with van der Waals surface area (Å²) in [5, 5.41) is 0. The molecule has 0 aromatic heterocycles. The van der Waals surface area contributed by atoms with Crippen molar-refractivity contribution in [2.75, 3.05) is 0 Å². The molecule has 1 heteroatoms. The van der Waals surface area contributed by atoms with E-state index in [1.807, 2.05) is 0 Å². The Morgan fingerprint density at radius 2 is 1.78 bits per heavy atom. The largest absolute Gasteiger partial charge is 0.322 e. The molecule has 100 valence electrons. The van der Waals surface area contributed by atoms with Crippen molar-refractivity contribution < 1.29 is 0 Å². The number of nitrogens with two attached hydrogens (primary N) is 1. The van der Waals surface area contributed by atoms with Gasteiger partial charge in [-0.1, -0.05) is 44.5 Å². The van der Waals surface area contributed by atoms with E-state index in [1.54, 1.807) is 0 Å². The lowest BCUT2D eigenvalue weighted by atomic mass is 9.70. The fourth-order valence-corrected chi connectivity index (χ4v) is 3.17. The Bertz CT molecular complexity index is 395. The Kier molecular flexibility index (Phi) is 3.55. The molecular formula is C17H27N. The van der Waals surface area contributed by atoms with Gasteiger partial charge in [-0.25, -0.2) is 0 Å². The molecule has 1 aromatic carbocycles. The Balaban J connectivity index is 2.15. The molecular weight excluding hydrogens is 218 g/mol. The minimum atomic E-state index is -0.232. The fourth-order valence-electron chi connectivity index (χ4n) is 3.17. The monoisotopic (exact) mass is 245 g/mol. The maximum atomic E-state index is 6.13. The van der Waals surface area contributed by atoms with Crippen LogP contribution in [-0.4, -0.2) is 0 Å². The molecule has 1 saturated carbocycles. The van der Waals surface area contributed by atoms with Crippen molar-refractivity contribution in [1.29, 1.82) is 0 Å². The Morgan fingerprint density at radius 3 is 2.28 bits per heavy atom. The summed E-state index contributed by atoms with van der Waals surface area (Å²) in [6.07, 6.45) is 5.40. The van der Waals surface area contributed by atoms with Crippen LogP contribution in [0.5, 0.6) is 0 Å². The minimum absolute atomic E-state index is 0.232. The van der Waals surface area contributed by atoms with E-state index in [1.165, 1.54) is 36.8 Å². The van der Waals surface area contributed by atoms with E-state index in [0.717, 1.165) is 5.92 Å². The predicted molar refractivity (Wildman–Crippen MR) is 78.6 cm³/mol. The summed E-state index contributed by atoms with van der Waals surface area (Å²) in [7, 11) is 0. The van der Waals surface area contributed by atoms with Crippen LogP contribution in [0.4, 0.5) is 0 Å². The lowest BCUT2D eigenvalue weighted by Crippen LogP contribution is -2.28. The Hall–Kier alpha value is -0.820. The van der Waals surface area contributed by atoms with E-state index in [-0.39, 0.29) is 5.54 Å². The topological polar surface area (TPSA) is 26.0 Å². The SMILES string of the molecule is CC1(C)CCCC(c2ccc(C(C)(C)N)cc2)C1. The summed E-state index contributed by atoms with van der Waals surface area (Å²) in [6.45, 7) is 8.92. The molecule has 2 N–H and O–H groups in total. The van der Waals surface area contributed by atoms with Crippen molar-refractivity contribution in [2.24, 2.45) is 11.1 Å². The highest BCUT2D eigenvalue weighted by molar-refractivity contribution is 5.29. The summed E-state index contributed by atoms with van der Waals surface area (Å²) < 4.78 is 0. The van der Waals surface area contributed by atoms with Gasteiger partial charge in [0.2, 0.25) is 0 Å². The third-order valence-corrected chi connectivity index (χ3v) is 4.33. The third-order valence-electron chi connectivity index (χ3n) is 4.33. The molecule has 0 bridgehead atoms. The second-order valence-electron chi connectivity index (χ2n) is 7.30. The van der Waals surface area contributed by atoms with Gasteiger partial charge in [0.1, 0.15) is 0 Å². The summed E-state index contributed by atoms with van der Waals surface area (Å²) in [5.74, 6) is 0.740. The first kappa shape index (κ1) is 13.6. The van der Waals surface area contributed by atoms with Gasteiger partial charge in [-0.15, -0.1) is 0 Å². The van der Waals surface area contributed by atoms with Crippen LogP contribution in [0.2, 0.25) is 0 Å².